The number of hydrogen-bond donors (Lipinski definition) is 3. The molecule has 1 aliphatic rings. The topological polar surface area (TPSA) is 123 Å². The summed E-state index contributed by atoms with van der Waals surface area (Å²) < 4.78 is 6.11. The third-order valence-corrected chi connectivity index (χ3v) is 3.42. The number of hydrogen-bond acceptors (Lipinski definition) is 7. The number of nitrogens with zero attached hydrogens (tertiary/aromatic N) is 3. The van der Waals surface area contributed by atoms with Crippen LogP contribution in [0.2, 0.25) is 0 Å². The quantitative estimate of drug-likeness (QED) is 0.454. The van der Waals surface area contributed by atoms with Crippen molar-refractivity contribution in [2.24, 2.45) is 0 Å². The van der Waals surface area contributed by atoms with Crippen molar-refractivity contribution < 1.29 is 14.9 Å². The van der Waals surface area contributed by atoms with Gasteiger partial charge in [0.2, 0.25) is 0 Å². The van der Waals surface area contributed by atoms with Gasteiger partial charge in [-0.15, -0.1) is 0 Å². The first-order valence-electron chi connectivity index (χ1n) is 5.41. The van der Waals surface area contributed by atoms with Crippen LogP contribution in [0.4, 0.5) is 5.82 Å². The van der Waals surface area contributed by atoms with E-state index in [0.29, 0.717) is 0 Å². The monoisotopic (exact) mass is 320 g/mol. The van der Waals surface area contributed by atoms with Crippen molar-refractivity contribution in [3.63, 3.8) is 0 Å². The molecule has 1 saturated heterocycles. The van der Waals surface area contributed by atoms with E-state index in [1.807, 2.05) is 5.38 Å². The number of ether oxygens (including phenoxy) is 1. The molecule has 1 aromatic heterocycles. The zero-order valence-electron chi connectivity index (χ0n) is 9.90. The number of aliphatic hydroxyl groups excluding tert-OH is 2. The van der Waals surface area contributed by atoms with Gasteiger partial charge in [-0.2, -0.15) is 14.8 Å². The van der Waals surface area contributed by atoms with Gasteiger partial charge in [0, 0.05) is 5.38 Å². The van der Waals surface area contributed by atoms with Gasteiger partial charge < -0.3 is 20.7 Å². The molecule has 1 fully saturated rings. The van der Waals surface area contributed by atoms with Crippen LogP contribution in [-0.4, -0.2) is 48.7 Å². The molecule has 1 aromatic rings. The Morgan fingerprint density at radius 2 is 2.35 bits per heavy atom. The molecular formula is C10H10Cl2N4O4. The number of nitrogen functional groups attached to an aromatic ring is 1. The van der Waals surface area contributed by atoms with Crippen LogP contribution in [0.1, 0.15) is 6.23 Å². The molecule has 1 aliphatic heterocycles. The smallest absolute Gasteiger partial charge is 0.368 e. The number of anilines is 1. The first kappa shape index (κ1) is 15.0. The standard InChI is InChI=1S/C10H10Cl2N4O4/c11-2-1-10(12)7(18)5(4-17)20-8(10)16-9(19)15-6(13)3-14-16/h3,5,7-8,17-18H,4H2,(H2,13,15,19)/t5-,7+,8-,10?/m1/s1. The SMILES string of the molecule is Nc1cnn([C@@H]2O[C@H](CO)[C@H](O)C2(Cl)C#CCl)c(=O)n1. The van der Waals surface area contributed by atoms with Crippen molar-refractivity contribution in [1.82, 2.24) is 14.8 Å². The van der Waals surface area contributed by atoms with Crippen molar-refractivity contribution in [2.75, 3.05) is 12.3 Å². The number of aliphatic hydroxyl groups is 2. The summed E-state index contributed by atoms with van der Waals surface area (Å²) in [7, 11) is 0. The summed E-state index contributed by atoms with van der Waals surface area (Å²) in [6, 6.07) is 0. The molecule has 2 rings (SSSR count). The molecule has 0 aromatic carbocycles. The van der Waals surface area contributed by atoms with Gasteiger partial charge in [0.25, 0.3) is 0 Å². The molecule has 8 nitrogen and oxygen atoms in total. The molecule has 0 aliphatic carbocycles. The van der Waals surface area contributed by atoms with Gasteiger partial charge >= 0.3 is 5.69 Å². The van der Waals surface area contributed by atoms with Crippen LogP contribution in [0.25, 0.3) is 0 Å². The number of alkyl halides is 1. The van der Waals surface area contributed by atoms with Gasteiger partial charge in [0.15, 0.2) is 11.1 Å². The third-order valence-electron chi connectivity index (χ3n) is 2.82. The summed E-state index contributed by atoms with van der Waals surface area (Å²) in [5.74, 6) is 2.28. The van der Waals surface area contributed by atoms with Crippen LogP contribution in [0.15, 0.2) is 11.0 Å². The first-order chi connectivity index (χ1) is 9.43. The maximum Gasteiger partial charge on any atom is 0.368 e. The van der Waals surface area contributed by atoms with Gasteiger partial charge in [-0.25, -0.2) is 4.79 Å². The van der Waals surface area contributed by atoms with Gasteiger partial charge in [-0.05, 0) is 11.6 Å². The minimum Gasteiger partial charge on any atom is -0.394 e. The number of nitrogens with two attached hydrogens (primary N) is 1. The number of halogens is 2. The lowest BCUT2D eigenvalue weighted by molar-refractivity contribution is -0.0512. The van der Waals surface area contributed by atoms with E-state index in [2.05, 4.69) is 16.0 Å². The molecule has 0 radical (unpaired) electrons. The Kier molecular flexibility index (Phi) is 4.17. The second-order valence-corrected chi connectivity index (χ2v) is 4.86. The Hall–Kier alpha value is -1.37. The van der Waals surface area contributed by atoms with E-state index in [0.717, 1.165) is 10.9 Å². The second-order valence-electron chi connectivity index (χ2n) is 4.05. The Balaban J connectivity index is 2.52. The molecule has 108 valence electrons. The molecule has 20 heavy (non-hydrogen) atoms. The summed E-state index contributed by atoms with van der Waals surface area (Å²) in [5, 5.41) is 25.0. The van der Waals surface area contributed by atoms with E-state index in [1.54, 1.807) is 0 Å². The third kappa shape index (κ3) is 2.34. The maximum atomic E-state index is 11.8. The maximum absolute atomic E-state index is 11.8. The molecule has 4 atom stereocenters. The van der Waals surface area contributed by atoms with Crippen LogP contribution < -0.4 is 11.4 Å². The predicted octanol–water partition coefficient (Wildman–Crippen LogP) is -1.35. The normalized spacial score (nSPS) is 32.7. The summed E-state index contributed by atoms with van der Waals surface area (Å²) in [4.78, 5) is 13.5. The fourth-order valence-corrected chi connectivity index (χ4v) is 2.40. The van der Waals surface area contributed by atoms with Crippen molar-refractivity contribution in [2.45, 2.75) is 23.3 Å². The van der Waals surface area contributed by atoms with Crippen LogP contribution in [0.5, 0.6) is 0 Å². The van der Waals surface area contributed by atoms with Gasteiger partial charge in [-0.3, -0.25) is 0 Å². The van der Waals surface area contributed by atoms with Crippen molar-refractivity contribution in [3.8, 4) is 11.3 Å². The van der Waals surface area contributed by atoms with Crippen LogP contribution in [0, 0.1) is 11.3 Å². The molecule has 0 amide bonds. The highest BCUT2D eigenvalue weighted by atomic mass is 35.5. The van der Waals surface area contributed by atoms with Crippen LogP contribution >= 0.6 is 23.2 Å². The molecule has 2 heterocycles. The van der Waals surface area contributed by atoms with E-state index in [4.69, 9.17) is 38.8 Å². The van der Waals surface area contributed by atoms with Crippen molar-refractivity contribution in [1.29, 1.82) is 0 Å². The number of rotatable bonds is 2. The van der Waals surface area contributed by atoms with Gasteiger partial charge in [0.05, 0.1) is 12.8 Å². The Morgan fingerprint density at radius 3 is 2.90 bits per heavy atom. The minimum atomic E-state index is -1.75. The average Bonchev–Trinajstić information content (AvgIpc) is 2.63. The fraction of sp³-hybridized carbons (Fsp3) is 0.500. The predicted molar refractivity (Wildman–Crippen MR) is 69.9 cm³/mol. The summed E-state index contributed by atoms with van der Waals surface area (Å²) in [6.45, 7) is -0.521. The van der Waals surface area contributed by atoms with E-state index in [-0.39, 0.29) is 5.82 Å². The zero-order valence-corrected chi connectivity index (χ0v) is 11.4. The Labute approximate surface area is 123 Å². The molecular weight excluding hydrogens is 311 g/mol. The highest BCUT2D eigenvalue weighted by Gasteiger charge is 2.56. The molecule has 1 unspecified atom stereocenters. The van der Waals surface area contributed by atoms with Crippen molar-refractivity contribution >= 4 is 29.0 Å². The summed E-state index contributed by atoms with van der Waals surface area (Å²) >= 11 is 11.5. The Morgan fingerprint density at radius 1 is 1.65 bits per heavy atom. The van der Waals surface area contributed by atoms with Gasteiger partial charge in [-0.1, -0.05) is 17.5 Å². The highest BCUT2D eigenvalue weighted by Crippen LogP contribution is 2.42. The molecule has 0 bridgehead atoms. The minimum absolute atomic E-state index is 0.0768. The number of aromatic nitrogens is 3. The van der Waals surface area contributed by atoms with Crippen LogP contribution in [-0.2, 0) is 4.74 Å². The molecule has 0 spiro atoms. The zero-order chi connectivity index (χ0) is 14.9. The summed E-state index contributed by atoms with van der Waals surface area (Å²) in [5.41, 5.74) is 4.50. The van der Waals surface area contributed by atoms with Crippen LogP contribution in [0.3, 0.4) is 0 Å². The highest BCUT2D eigenvalue weighted by molar-refractivity contribution is 6.32. The fourth-order valence-electron chi connectivity index (χ4n) is 1.86. The molecule has 0 saturated carbocycles. The largest absolute Gasteiger partial charge is 0.394 e. The lowest BCUT2D eigenvalue weighted by Crippen LogP contribution is -2.44. The lowest BCUT2D eigenvalue weighted by atomic mass is 10.00. The van der Waals surface area contributed by atoms with E-state index >= 15 is 0 Å². The molecule has 10 heteroatoms. The molecule has 4 N–H and O–H groups in total. The lowest BCUT2D eigenvalue weighted by Gasteiger charge is -2.24. The Bertz CT molecular complexity index is 628. The van der Waals surface area contributed by atoms with E-state index in [9.17, 15) is 9.90 Å². The van der Waals surface area contributed by atoms with Crippen molar-refractivity contribution in [3.05, 3.63) is 16.7 Å². The average molecular weight is 321 g/mol. The van der Waals surface area contributed by atoms with E-state index < -0.39 is 35.6 Å². The van der Waals surface area contributed by atoms with E-state index in [1.165, 1.54) is 0 Å². The second kappa shape index (κ2) is 5.55. The van der Waals surface area contributed by atoms with Gasteiger partial charge in [0.1, 0.15) is 18.0 Å². The summed E-state index contributed by atoms with van der Waals surface area (Å²) in [6.07, 6.45) is -2.57. The first-order valence-corrected chi connectivity index (χ1v) is 6.17.